The lowest BCUT2D eigenvalue weighted by atomic mass is 9.85. The number of amides is 1. The number of benzene rings is 2. The van der Waals surface area contributed by atoms with E-state index in [4.69, 9.17) is 0 Å². The first-order chi connectivity index (χ1) is 14.7. The summed E-state index contributed by atoms with van der Waals surface area (Å²) in [6.45, 7) is -0.334. The Balaban J connectivity index is 1.75. The van der Waals surface area contributed by atoms with Crippen LogP contribution in [-0.2, 0) is 35.2 Å². The van der Waals surface area contributed by atoms with Crippen molar-refractivity contribution in [1.82, 2.24) is 4.57 Å². The number of hydrogen-bond acceptors (Lipinski definition) is 2. The first kappa shape index (κ1) is 21.0. The summed E-state index contributed by atoms with van der Waals surface area (Å²) in [5.74, 6) is -1.57. The molecule has 4 rings (SSSR count). The highest BCUT2D eigenvalue weighted by Crippen LogP contribution is 2.38. The summed E-state index contributed by atoms with van der Waals surface area (Å²) in [4.78, 5) is 26.0. The van der Waals surface area contributed by atoms with Gasteiger partial charge in [0.25, 0.3) is 0 Å². The fourth-order valence-electron chi connectivity index (χ4n) is 4.41. The first-order valence-electron chi connectivity index (χ1n) is 9.92. The van der Waals surface area contributed by atoms with Crippen LogP contribution in [0.4, 0.5) is 18.9 Å². The molecule has 0 bridgehead atoms. The Bertz CT molecular complexity index is 1150. The summed E-state index contributed by atoms with van der Waals surface area (Å²) >= 11 is 0. The molecule has 1 heterocycles. The number of carbonyl (C=O) groups excluding carboxylic acids is 1. The highest BCUT2D eigenvalue weighted by Gasteiger charge is 2.34. The number of carbonyl (C=O) groups is 2. The Morgan fingerprint density at radius 2 is 1.87 bits per heavy atom. The van der Waals surface area contributed by atoms with Gasteiger partial charge in [-0.15, -0.1) is 0 Å². The maximum absolute atomic E-state index is 13.3. The second-order valence-electron chi connectivity index (χ2n) is 7.81. The number of carboxylic acid groups (broad SMARTS) is 1. The number of anilines is 1. The van der Waals surface area contributed by atoms with Gasteiger partial charge in [0.1, 0.15) is 6.54 Å². The third kappa shape index (κ3) is 3.89. The second-order valence-corrected chi connectivity index (χ2v) is 7.81. The van der Waals surface area contributed by atoms with E-state index in [2.05, 4.69) is 0 Å². The van der Waals surface area contributed by atoms with E-state index in [1.165, 1.54) is 6.07 Å². The number of carboxylic acids is 1. The molecule has 8 heteroatoms. The van der Waals surface area contributed by atoms with Crippen LogP contribution in [0.1, 0.15) is 23.2 Å². The van der Waals surface area contributed by atoms with Crippen molar-refractivity contribution in [2.24, 2.45) is 5.92 Å². The van der Waals surface area contributed by atoms with Crippen LogP contribution in [0.15, 0.2) is 48.5 Å². The Hall–Kier alpha value is -3.29. The van der Waals surface area contributed by atoms with Gasteiger partial charge in [0, 0.05) is 35.2 Å². The normalized spacial score (nSPS) is 16.2. The molecule has 2 aromatic carbocycles. The lowest BCUT2D eigenvalue weighted by Crippen LogP contribution is -2.36. The van der Waals surface area contributed by atoms with Crippen LogP contribution in [-0.4, -0.2) is 28.6 Å². The van der Waals surface area contributed by atoms with Gasteiger partial charge in [0.05, 0.1) is 5.56 Å². The third-order valence-electron chi connectivity index (χ3n) is 5.91. The topological polar surface area (TPSA) is 62.5 Å². The largest absolute Gasteiger partial charge is 0.480 e. The molecule has 1 N–H and O–H groups in total. The molecule has 31 heavy (non-hydrogen) atoms. The second kappa shape index (κ2) is 7.76. The smallest absolute Gasteiger partial charge is 0.416 e. The zero-order chi connectivity index (χ0) is 22.3. The summed E-state index contributed by atoms with van der Waals surface area (Å²) in [6.07, 6.45) is -3.30. The molecule has 1 aliphatic rings. The lowest BCUT2D eigenvalue weighted by molar-refractivity contribution is -0.138. The van der Waals surface area contributed by atoms with Gasteiger partial charge in [-0.25, -0.2) is 0 Å². The van der Waals surface area contributed by atoms with Gasteiger partial charge in [-0.1, -0.05) is 18.2 Å². The van der Waals surface area contributed by atoms with E-state index in [0.29, 0.717) is 35.0 Å². The minimum absolute atomic E-state index is 0.108. The molecular formula is C23H21F3N2O3. The van der Waals surface area contributed by atoms with Gasteiger partial charge in [0.15, 0.2) is 0 Å². The average molecular weight is 430 g/mol. The predicted octanol–water partition coefficient (Wildman–Crippen LogP) is 4.51. The third-order valence-corrected chi connectivity index (χ3v) is 5.91. The molecule has 1 amide bonds. The summed E-state index contributed by atoms with van der Waals surface area (Å²) in [5.41, 5.74) is 1.73. The summed E-state index contributed by atoms with van der Waals surface area (Å²) in [5, 5.41) is 9.67. The van der Waals surface area contributed by atoms with Crippen LogP contribution in [0.3, 0.4) is 0 Å². The van der Waals surface area contributed by atoms with Crippen molar-refractivity contribution < 1.29 is 27.9 Å². The molecule has 3 aromatic rings. The van der Waals surface area contributed by atoms with E-state index in [9.17, 15) is 27.9 Å². The maximum Gasteiger partial charge on any atom is 0.416 e. The van der Waals surface area contributed by atoms with Crippen molar-refractivity contribution in [3.63, 3.8) is 0 Å². The molecule has 1 atom stereocenters. The molecule has 0 saturated carbocycles. The zero-order valence-electron chi connectivity index (χ0n) is 16.8. The van der Waals surface area contributed by atoms with Gasteiger partial charge in [-0.3, -0.25) is 9.59 Å². The lowest BCUT2D eigenvalue weighted by Gasteiger charge is -2.27. The molecule has 0 radical (unpaired) electrons. The van der Waals surface area contributed by atoms with Gasteiger partial charge < -0.3 is 14.6 Å². The minimum Gasteiger partial charge on any atom is -0.480 e. The fraction of sp³-hybridized carbons (Fsp3) is 0.304. The number of aliphatic carboxylic acids is 1. The molecule has 0 aliphatic heterocycles. The molecule has 5 nitrogen and oxygen atoms in total. The molecule has 0 spiro atoms. The average Bonchev–Trinajstić information content (AvgIpc) is 3.04. The number of rotatable bonds is 4. The van der Waals surface area contributed by atoms with Crippen molar-refractivity contribution in [3.05, 3.63) is 65.4 Å². The Kier molecular flexibility index (Phi) is 5.24. The Morgan fingerprint density at radius 3 is 2.52 bits per heavy atom. The standard InChI is InChI=1S/C23H21F3N2O3/c1-27(16-5-3-2-4-6-16)22(31)14-7-9-19-17(11-14)18-12-15(23(24,25)26)8-10-20(18)28(19)13-21(29)30/h2-6,8,10,12,14H,7,9,11,13H2,1H3,(H,29,30). The maximum atomic E-state index is 13.3. The first-order valence-corrected chi connectivity index (χ1v) is 9.92. The summed E-state index contributed by atoms with van der Waals surface area (Å²) in [6, 6.07) is 12.5. The van der Waals surface area contributed by atoms with E-state index in [1.807, 2.05) is 30.3 Å². The highest BCUT2D eigenvalue weighted by molar-refractivity contribution is 5.96. The van der Waals surface area contributed by atoms with Crippen molar-refractivity contribution in [1.29, 1.82) is 0 Å². The molecule has 162 valence electrons. The molecular weight excluding hydrogens is 409 g/mol. The highest BCUT2D eigenvalue weighted by atomic mass is 19.4. The fourth-order valence-corrected chi connectivity index (χ4v) is 4.41. The molecule has 1 aliphatic carbocycles. The van der Waals surface area contributed by atoms with Gasteiger partial charge in [-0.2, -0.15) is 13.2 Å². The summed E-state index contributed by atoms with van der Waals surface area (Å²) < 4.78 is 41.5. The number of nitrogens with zero attached hydrogens (tertiary/aromatic N) is 2. The Morgan fingerprint density at radius 1 is 1.16 bits per heavy atom. The van der Waals surface area contributed by atoms with Crippen LogP contribution in [0.25, 0.3) is 10.9 Å². The van der Waals surface area contributed by atoms with Crippen LogP contribution in [0.2, 0.25) is 0 Å². The predicted molar refractivity (Wildman–Crippen MR) is 110 cm³/mol. The summed E-state index contributed by atoms with van der Waals surface area (Å²) in [7, 11) is 1.68. The quantitative estimate of drug-likeness (QED) is 0.662. The van der Waals surface area contributed by atoms with Crippen LogP contribution in [0, 0.1) is 5.92 Å². The van der Waals surface area contributed by atoms with E-state index in [-0.39, 0.29) is 18.9 Å². The van der Waals surface area contributed by atoms with Crippen LogP contribution in [0.5, 0.6) is 0 Å². The van der Waals surface area contributed by atoms with E-state index < -0.39 is 23.6 Å². The number of hydrogen-bond donors (Lipinski definition) is 1. The minimum atomic E-state index is -4.51. The molecule has 1 aromatic heterocycles. The number of aromatic nitrogens is 1. The SMILES string of the molecule is CN(C(=O)C1CCc2c(c3cc(C(F)(F)F)ccc3n2CC(=O)O)C1)c1ccccc1. The monoisotopic (exact) mass is 430 g/mol. The number of para-hydroxylation sites is 1. The number of alkyl halides is 3. The molecule has 0 saturated heterocycles. The van der Waals surface area contributed by atoms with E-state index >= 15 is 0 Å². The number of fused-ring (bicyclic) bond motifs is 3. The van der Waals surface area contributed by atoms with Crippen LogP contribution < -0.4 is 4.90 Å². The van der Waals surface area contributed by atoms with Crippen molar-refractivity contribution in [3.8, 4) is 0 Å². The number of halogens is 3. The zero-order valence-corrected chi connectivity index (χ0v) is 16.8. The van der Waals surface area contributed by atoms with Gasteiger partial charge in [-0.05, 0) is 55.2 Å². The van der Waals surface area contributed by atoms with E-state index in [0.717, 1.165) is 17.8 Å². The van der Waals surface area contributed by atoms with Crippen molar-refractivity contribution in [2.45, 2.75) is 32.0 Å². The molecule has 0 fully saturated rings. The van der Waals surface area contributed by atoms with E-state index in [1.54, 1.807) is 16.5 Å². The van der Waals surface area contributed by atoms with Gasteiger partial charge >= 0.3 is 12.1 Å². The van der Waals surface area contributed by atoms with Crippen LogP contribution >= 0.6 is 0 Å². The Labute approximate surface area is 176 Å². The molecule has 1 unspecified atom stereocenters. The van der Waals surface area contributed by atoms with Crippen molar-refractivity contribution in [2.75, 3.05) is 11.9 Å². The van der Waals surface area contributed by atoms with Crippen molar-refractivity contribution >= 4 is 28.5 Å². The van der Waals surface area contributed by atoms with Gasteiger partial charge in [0.2, 0.25) is 5.91 Å².